The molecule has 0 spiro atoms. The van der Waals surface area contributed by atoms with Gasteiger partial charge in [-0.3, -0.25) is 4.90 Å². The minimum Gasteiger partial charge on any atom is -0.444 e. The van der Waals surface area contributed by atoms with Crippen LogP contribution in [0.2, 0.25) is 0 Å². The Labute approximate surface area is 133 Å². The third-order valence-corrected chi connectivity index (χ3v) is 3.79. The van der Waals surface area contributed by atoms with Crippen LogP contribution in [0.4, 0.5) is 4.79 Å². The SMILES string of the molecule is C[C@@H]1CN(CCCn2ccnc2)CCN1C(=O)OC(C)(C)C. The number of hydrogen-bond acceptors (Lipinski definition) is 4. The summed E-state index contributed by atoms with van der Waals surface area (Å²) in [6.45, 7) is 12.4. The van der Waals surface area contributed by atoms with Crippen LogP contribution in [0.3, 0.4) is 0 Å². The third kappa shape index (κ3) is 5.02. The predicted molar refractivity (Wildman–Crippen MR) is 85.7 cm³/mol. The van der Waals surface area contributed by atoms with Crippen LogP contribution in [0.5, 0.6) is 0 Å². The first-order chi connectivity index (χ1) is 10.3. The molecular weight excluding hydrogens is 280 g/mol. The van der Waals surface area contributed by atoms with Crippen LogP contribution in [0.25, 0.3) is 0 Å². The fourth-order valence-corrected chi connectivity index (χ4v) is 2.72. The molecule has 0 radical (unpaired) electrons. The van der Waals surface area contributed by atoms with Crippen molar-refractivity contribution < 1.29 is 9.53 Å². The molecule has 1 amide bonds. The largest absolute Gasteiger partial charge is 0.444 e. The highest BCUT2D eigenvalue weighted by atomic mass is 16.6. The van der Waals surface area contributed by atoms with Crippen LogP contribution in [-0.4, -0.2) is 63.3 Å². The van der Waals surface area contributed by atoms with Crippen molar-refractivity contribution in [3.63, 3.8) is 0 Å². The average Bonchev–Trinajstić information content (AvgIpc) is 2.89. The third-order valence-electron chi connectivity index (χ3n) is 3.79. The molecule has 22 heavy (non-hydrogen) atoms. The fourth-order valence-electron chi connectivity index (χ4n) is 2.72. The van der Waals surface area contributed by atoms with Gasteiger partial charge in [-0.25, -0.2) is 9.78 Å². The molecule has 1 fully saturated rings. The van der Waals surface area contributed by atoms with E-state index in [2.05, 4.69) is 21.4 Å². The maximum Gasteiger partial charge on any atom is 0.410 e. The summed E-state index contributed by atoms with van der Waals surface area (Å²) in [7, 11) is 0. The molecule has 0 N–H and O–H groups in total. The number of nitrogens with zero attached hydrogens (tertiary/aromatic N) is 4. The molecule has 0 saturated carbocycles. The Bertz CT molecular complexity index is 467. The minimum absolute atomic E-state index is 0.192. The van der Waals surface area contributed by atoms with E-state index in [1.807, 2.05) is 44.4 Å². The Morgan fingerprint density at radius 2 is 2.09 bits per heavy atom. The van der Waals surface area contributed by atoms with Gasteiger partial charge in [0.2, 0.25) is 0 Å². The highest BCUT2D eigenvalue weighted by Gasteiger charge is 2.30. The van der Waals surface area contributed by atoms with Crippen molar-refractivity contribution in [3.05, 3.63) is 18.7 Å². The van der Waals surface area contributed by atoms with E-state index in [1.54, 1.807) is 0 Å². The molecule has 1 atom stereocenters. The summed E-state index contributed by atoms with van der Waals surface area (Å²) in [5, 5.41) is 0. The average molecular weight is 308 g/mol. The normalized spacial score (nSPS) is 20.2. The first-order valence-electron chi connectivity index (χ1n) is 8.03. The number of piperazine rings is 1. The number of rotatable bonds is 4. The Morgan fingerprint density at radius 3 is 2.68 bits per heavy atom. The van der Waals surface area contributed by atoms with Crippen LogP contribution in [0, 0.1) is 0 Å². The lowest BCUT2D eigenvalue weighted by atomic mass is 10.2. The Kier molecular flexibility index (Phi) is 5.45. The quantitative estimate of drug-likeness (QED) is 0.856. The summed E-state index contributed by atoms with van der Waals surface area (Å²) in [6, 6.07) is 0.192. The van der Waals surface area contributed by atoms with Crippen molar-refractivity contribution in [1.29, 1.82) is 0 Å². The monoisotopic (exact) mass is 308 g/mol. The van der Waals surface area contributed by atoms with Crippen LogP contribution in [0.15, 0.2) is 18.7 Å². The van der Waals surface area contributed by atoms with E-state index in [4.69, 9.17) is 4.74 Å². The Balaban J connectivity index is 1.73. The smallest absolute Gasteiger partial charge is 0.410 e. The molecule has 0 bridgehead atoms. The van der Waals surface area contributed by atoms with Crippen LogP contribution >= 0.6 is 0 Å². The first kappa shape index (κ1) is 16.8. The van der Waals surface area contributed by atoms with Crippen LogP contribution in [0.1, 0.15) is 34.1 Å². The standard InChI is InChI=1S/C16H28N4O2/c1-14-12-18(7-5-8-19-9-6-17-13-19)10-11-20(14)15(21)22-16(2,3)4/h6,9,13-14H,5,7-8,10-12H2,1-4H3/t14-/m1/s1. The van der Waals surface area contributed by atoms with Crippen LogP contribution in [-0.2, 0) is 11.3 Å². The molecule has 0 unspecified atom stereocenters. The summed E-state index contributed by atoms with van der Waals surface area (Å²) < 4.78 is 7.57. The highest BCUT2D eigenvalue weighted by Crippen LogP contribution is 2.15. The van der Waals surface area contributed by atoms with Crippen molar-refractivity contribution in [2.45, 2.75) is 52.3 Å². The Morgan fingerprint density at radius 1 is 1.32 bits per heavy atom. The molecule has 1 aliphatic rings. The zero-order chi connectivity index (χ0) is 16.2. The van der Waals surface area contributed by atoms with E-state index >= 15 is 0 Å². The number of ether oxygens (including phenoxy) is 1. The molecular formula is C16H28N4O2. The lowest BCUT2D eigenvalue weighted by molar-refractivity contribution is 0.00130. The van der Waals surface area contributed by atoms with Crippen molar-refractivity contribution in [2.24, 2.45) is 0 Å². The number of amides is 1. The number of imidazole rings is 1. The van der Waals surface area contributed by atoms with Crippen LogP contribution < -0.4 is 0 Å². The van der Waals surface area contributed by atoms with E-state index in [1.165, 1.54) is 0 Å². The highest BCUT2D eigenvalue weighted by molar-refractivity contribution is 5.68. The van der Waals surface area contributed by atoms with Gasteiger partial charge in [-0.1, -0.05) is 0 Å². The molecule has 1 aliphatic heterocycles. The van der Waals surface area contributed by atoms with Gasteiger partial charge in [0.15, 0.2) is 0 Å². The van der Waals surface area contributed by atoms with Gasteiger partial charge < -0.3 is 14.2 Å². The lowest BCUT2D eigenvalue weighted by Gasteiger charge is -2.40. The van der Waals surface area contributed by atoms with Gasteiger partial charge in [-0.15, -0.1) is 0 Å². The molecule has 1 aromatic rings. The van der Waals surface area contributed by atoms with Gasteiger partial charge in [0.1, 0.15) is 5.60 Å². The van der Waals surface area contributed by atoms with Gasteiger partial charge in [0, 0.05) is 44.6 Å². The molecule has 6 heteroatoms. The predicted octanol–water partition coefficient (Wildman–Crippen LogP) is 2.21. The molecule has 1 aromatic heterocycles. The molecule has 0 aliphatic carbocycles. The van der Waals surface area contributed by atoms with Gasteiger partial charge >= 0.3 is 6.09 Å². The maximum atomic E-state index is 12.2. The molecule has 1 saturated heterocycles. The van der Waals surface area contributed by atoms with Crippen molar-refractivity contribution in [3.8, 4) is 0 Å². The zero-order valence-electron chi connectivity index (χ0n) is 14.2. The molecule has 124 valence electrons. The van der Waals surface area contributed by atoms with Gasteiger partial charge in [0.25, 0.3) is 0 Å². The van der Waals surface area contributed by atoms with E-state index in [0.717, 1.165) is 39.1 Å². The minimum atomic E-state index is -0.432. The van der Waals surface area contributed by atoms with Gasteiger partial charge in [0.05, 0.1) is 6.33 Å². The molecule has 2 rings (SSSR count). The van der Waals surface area contributed by atoms with E-state index in [0.29, 0.717) is 0 Å². The number of hydrogen-bond donors (Lipinski definition) is 0. The van der Waals surface area contributed by atoms with Crippen molar-refractivity contribution in [2.75, 3.05) is 26.2 Å². The first-order valence-corrected chi connectivity index (χ1v) is 8.03. The van der Waals surface area contributed by atoms with Gasteiger partial charge in [-0.2, -0.15) is 0 Å². The number of aromatic nitrogens is 2. The Hall–Kier alpha value is -1.56. The second kappa shape index (κ2) is 7.13. The topological polar surface area (TPSA) is 50.6 Å². The number of carbonyl (C=O) groups is 1. The maximum absolute atomic E-state index is 12.2. The molecule has 2 heterocycles. The summed E-state index contributed by atoms with van der Waals surface area (Å²) in [5.41, 5.74) is -0.432. The van der Waals surface area contributed by atoms with E-state index in [-0.39, 0.29) is 12.1 Å². The van der Waals surface area contributed by atoms with E-state index in [9.17, 15) is 4.79 Å². The zero-order valence-corrected chi connectivity index (χ0v) is 14.2. The summed E-state index contributed by atoms with van der Waals surface area (Å²) in [4.78, 5) is 20.5. The number of aryl methyl sites for hydroxylation is 1. The summed E-state index contributed by atoms with van der Waals surface area (Å²) >= 11 is 0. The van der Waals surface area contributed by atoms with Gasteiger partial charge in [-0.05, 0) is 40.7 Å². The van der Waals surface area contributed by atoms with E-state index < -0.39 is 5.60 Å². The second-order valence-corrected chi connectivity index (χ2v) is 6.98. The summed E-state index contributed by atoms with van der Waals surface area (Å²) in [5.74, 6) is 0. The lowest BCUT2D eigenvalue weighted by Crippen LogP contribution is -2.55. The fraction of sp³-hybridized carbons (Fsp3) is 0.750. The number of carbonyl (C=O) groups excluding carboxylic acids is 1. The van der Waals surface area contributed by atoms with Crippen molar-refractivity contribution >= 4 is 6.09 Å². The van der Waals surface area contributed by atoms with Crippen molar-refractivity contribution in [1.82, 2.24) is 19.4 Å². The second-order valence-electron chi connectivity index (χ2n) is 6.98. The molecule has 6 nitrogen and oxygen atoms in total. The summed E-state index contributed by atoms with van der Waals surface area (Å²) in [6.07, 6.45) is 6.54. The molecule has 0 aromatic carbocycles.